The van der Waals surface area contributed by atoms with E-state index in [0.717, 1.165) is 58.3 Å². The molecule has 0 aromatic rings. The minimum atomic E-state index is -1.91. The van der Waals surface area contributed by atoms with E-state index in [-0.39, 0.29) is 30.0 Å². The molecule has 0 saturated carbocycles. The summed E-state index contributed by atoms with van der Waals surface area (Å²) in [4.78, 5) is 72.8. The maximum Gasteiger partial charge on any atom is 0.362 e. The summed E-state index contributed by atoms with van der Waals surface area (Å²) in [5.74, 6) is -4.24. The van der Waals surface area contributed by atoms with E-state index in [1.165, 1.54) is 6.92 Å². The molecular formula is C44H76N3O20+. The average Bonchev–Trinajstić information content (AvgIpc) is 3.25. The summed E-state index contributed by atoms with van der Waals surface area (Å²) in [6, 6.07) is -3.08. The molecule has 23 heteroatoms. The lowest BCUT2D eigenvalue weighted by Crippen LogP contribution is -2.69. The summed E-state index contributed by atoms with van der Waals surface area (Å²) in [6.45, 7) is 2.86. The number of carbonyl (C=O) groups is 6. The van der Waals surface area contributed by atoms with Crippen molar-refractivity contribution in [2.24, 2.45) is 0 Å². The Labute approximate surface area is 391 Å². The number of allylic oxidation sites excluding steroid dienone is 1. The van der Waals surface area contributed by atoms with Gasteiger partial charge in [-0.25, -0.2) is 4.79 Å². The molecule has 0 aromatic heterocycles. The van der Waals surface area contributed by atoms with E-state index < -0.39 is 130 Å². The topological polar surface area (TPSA) is 333 Å². The van der Waals surface area contributed by atoms with Crippen molar-refractivity contribution in [2.75, 3.05) is 53.8 Å². The van der Waals surface area contributed by atoms with Crippen LogP contribution in [0.3, 0.4) is 0 Å². The van der Waals surface area contributed by atoms with Crippen molar-refractivity contribution in [1.29, 1.82) is 0 Å². The number of likely N-dealkylation sites (N-methyl/N-ethyl adjacent to an activating group) is 1. The number of ether oxygens (including phenoxy) is 7. The number of rotatable bonds is 31. The van der Waals surface area contributed by atoms with E-state index >= 15 is 0 Å². The Bertz CT molecular complexity index is 1550. The molecule has 6 unspecified atom stereocenters. The first kappa shape index (κ1) is 59.2. The molecule has 0 aliphatic carbocycles. The Morgan fingerprint density at radius 1 is 0.746 bits per heavy atom. The van der Waals surface area contributed by atoms with E-state index in [4.69, 9.17) is 33.2 Å². The fourth-order valence-electron chi connectivity index (χ4n) is 7.36. The molecule has 12 atom stereocenters. The number of carbonyl (C=O) groups excluding carboxylic acids is 6. The van der Waals surface area contributed by atoms with Crippen LogP contribution in [0.25, 0.3) is 0 Å². The van der Waals surface area contributed by atoms with Crippen molar-refractivity contribution in [3.8, 4) is 0 Å². The van der Waals surface area contributed by atoms with Crippen LogP contribution in [0.1, 0.15) is 104 Å². The quantitative estimate of drug-likeness (QED) is 0.00724. The third-order valence-electron chi connectivity index (χ3n) is 11.1. The van der Waals surface area contributed by atoms with Gasteiger partial charge >= 0.3 is 23.9 Å². The minimum Gasteiger partial charge on any atom is -0.460 e. The lowest BCUT2D eigenvalue weighted by molar-refractivity contribution is -0.883. The first-order valence-electron chi connectivity index (χ1n) is 23.0. The van der Waals surface area contributed by atoms with E-state index in [1.807, 2.05) is 26.2 Å². The van der Waals surface area contributed by atoms with E-state index in [1.54, 1.807) is 0 Å². The number of aliphatic hydroxyl groups excluding tert-OH is 7. The van der Waals surface area contributed by atoms with Crippen molar-refractivity contribution >= 4 is 35.7 Å². The zero-order chi connectivity index (χ0) is 50.1. The van der Waals surface area contributed by atoms with Gasteiger partial charge in [0.25, 0.3) is 0 Å². The van der Waals surface area contributed by atoms with Crippen LogP contribution in [0.15, 0.2) is 12.2 Å². The number of quaternary nitrogens is 1. The summed E-state index contributed by atoms with van der Waals surface area (Å²) in [7, 11) is 3.68. The zero-order valence-electron chi connectivity index (χ0n) is 39.4. The molecule has 2 saturated heterocycles. The zero-order valence-corrected chi connectivity index (χ0v) is 39.4. The van der Waals surface area contributed by atoms with Gasteiger partial charge in [-0.2, -0.15) is 0 Å². The van der Waals surface area contributed by atoms with Crippen LogP contribution in [0, 0.1) is 0 Å². The second-order valence-electron chi connectivity index (χ2n) is 17.5. The van der Waals surface area contributed by atoms with Gasteiger partial charge in [0.15, 0.2) is 19.1 Å². The van der Waals surface area contributed by atoms with Crippen molar-refractivity contribution < 1.29 is 102 Å². The number of hydrogen-bond donors (Lipinski definition) is 9. The Morgan fingerprint density at radius 3 is 2.07 bits per heavy atom. The Balaban J connectivity index is 1.69. The Kier molecular flexibility index (Phi) is 27.7. The molecule has 0 spiro atoms. The van der Waals surface area contributed by atoms with Crippen LogP contribution >= 0.6 is 0 Å². The average molecular weight is 967 g/mol. The predicted molar refractivity (Wildman–Crippen MR) is 232 cm³/mol. The van der Waals surface area contributed by atoms with Gasteiger partial charge in [0, 0.05) is 20.3 Å². The van der Waals surface area contributed by atoms with E-state index in [9.17, 15) is 64.5 Å². The summed E-state index contributed by atoms with van der Waals surface area (Å²) >= 11 is 0. The molecular weight excluding hydrogens is 890 g/mol. The molecule has 0 aromatic carbocycles. The maximum atomic E-state index is 12.8. The Hall–Kier alpha value is -3.88. The van der Waals surface area contributed by atoms with E-state index in [2.05, 4.69) is 17.6 Å². The van der Waals surface area contributed by atoms with Crippen LogP contribution < -0.4 is 10.6 Å². The molecule has 386 valence electrons. The third-order valence-corrected chi connectivity index (χ3v) is 11.1. The summed E-state index contributed by atoms with van der Waals surface area (Å²) in [6.07, 6.45) is -3.29. The number of nitrogens with zero attached hydrogens (tertiary/aromatic N) is 1. The largest absolute Gasteiger partial charge is 0.460 e. The van der Waals surface area contributed by atoms with Crippen molar-refractivity contribution in [1.82, 2.24) is 10.6 Å². The third kappa shape index (κ3) is 22.4. The molecule has 0 bridgehead atoms. The fourth-order valence-corrected chi connectivity index (χ4v) is 7.36. The number of hydrogen-bond acceptors (Lipinski definition) is 20. The molecule has 23 nitrogen and oxygen atoms in total. The first-order chi connectivity index (χ1) is 31.7. The number of amides is 2. The highest BCUT2D eigenvalue weighted by molar-refractivity contribution is 5.94. The van der Waals surface area contributed by atoms with Gasteiger partial charge in [-0.1, -0.05) is 51.2 Å². The molecule has 2 fully saturated rings. The minimum absolute atomic E-state index is 0.0673. The lowest BCUT2D eigenvalue weighted by Gasteiger charge is -2.47. The van der Waals surface area contributed by atoms with Gasteiger partial charge in [-0.05, 0) is 38.5 Å². The standard InChI is InChI=1S/C44H75N3O20/c1-6-7-14-18-30(64-36(56)23-47(4,5)20-21-61-28(3)51)29(52)17-15-12-10-8-9-11-13-16-19-34(54)62-26-63-35(55)22-33(53)46-37-41(59)42(32(25-49)65-43(37)60)67-44-38(45-27(2)50)40(58)39(57)31(24-48)66-44/h12,15,29-32,37-44,48-49,52,57-60H,6-11,13-14,16-26H2,1-5H3,(H-,45,46,50,53)/p+1/b15-12-/t29?,30?,31?,32?,37-,38-,39+,40?,41?,42+,43+,44-/m1/s1. The molecule has 0 radical (unpaired) electrons. The number of nitrogens with one attached hydrogen (secondary N) is 2. The smallest absolute Gasteiger partial charge is 0.362 e. The lowest BCUT2D eigenvalue weighted by atomic mass is 9.94. The van der Waals surface area contributed by atoms with Crippen molar-refractivity contribution in [3.05, 3.63) is 12.2 Å². The van der Waals surface area contributed by atoms with Crippen molar-refractivity contribution in [3.63, 3.8) is 0 Å². The van der Waals surface area contributed by atoms with Gasteiger partial charge in [-0.3, -0.25) is 24.0 Å². The molecule has 9 N–H and O–H groups in total. The Morgan fingerprint density at radius 2 is 1.42 bits per heavy atom. The van der Waals surface area contributed by atoms with Crippen LogP contribution in [0.4, 0.5) is 0 Å². The van der Waals surface area contributed by atoms with Gasteiger partial charge in [0.2, 0.25) is 18.6 Å². The van der Waals surface area contributed by atoms with Crippen molar-refractivity contribution in [2.45, 2.75) is 178 Å². The van der Waals surface area contributed by atoms with Gasteiger partial charge in [0.1, 0.15) is 74.4 Å². The van der Waals surface area contributed by atoms with Crippen LogP contribution in [0.5, 0.6) is 0 Å². The predicted octanol–water partition coefficient (Wildman–Crippen LogP) is -1.53. The van der Waals surface area contributed by atoms with Gasteiger partial charge in [0.05, 0.1) is 33.4 Å². The molecule has 67 heavy (non-hydrogen) atoms. The maximum absolute atomic E-state index is 12.8. The van der Waals surface area contributed by atoms with Crippen LogP contribution in [0.2, 0.25) is 0 Å². The van der Waals surface area contributed by atoms with Crippen LogP contribution in [-0.4, -0.2) is 203 Å². The monoisotopic (exact) mass is 967 g/mol. The number of unbranched alkanes of at least 4 members (excludes halogenated alkanes) is 7. The second-order valence-corrected chi connectivity index (χ2v) is 17.5. The molecule has 2 heterocycles. The van der Waals surface area contributed by atoms with E-state index in [0.29, 0.717) is 25.8 Å². The van der Waals surface area contributed by atoms with Gasteiger partial charge in [-0.15, -0.1) is 0 Å². The first-order valence-corrected chi connectivity index (χ1v) is 23.0. The second kappa shape index (κ2) is 31.3. The normalized spacial score (nSPS) is 26.3. The molecule has 2 aliphatic rings. The summed E-state index contributed by atoms with van der Waals surface area (Å²) in [5, 5.41) is 77.4. The summed E-state index contributed by atoms with van der Waals surface area (Å²) in [5.41, 5.74) is 0. The highest BCUT2D eigenvalue weighted by atomic mass is 16.7. The highest BCUT2D eigenvalue weighted by Crippen LogP contribution is 2.29. The number of esters is 4. The molecule has 2 rings (SSSR count). The van der Waals surface area contributed by atoms with Gasteiger partial charge < -0.3 is 84.0 Å². The molecule has 2 amide bonds. The summed E-state index contributed by atoms with van der Waals surface area (Å²) < 4.78 is 37.3. The SMILES string of the molecule is CCCCCC(OC(=O)C[N+](C)(C)CCOC(C)=O)C(O)C/C=C\CCCCCCCC(=O)OCOC(=O)CC(=O)N[C@@H]1C(O)[C@@H](O[C@H]2OC(CO)[C@H](O)C(O)[C@H]2NC(C)=O)C(CO)O[C@@H]1O. The van der Waals surface area contributed by atoms with Crippen LogP contribution in [-0.2, 0) is 61.9 Å². The molecule has 2 aliphatic heterocycles. The number of aliphatic hydroxyl groups is 7. The highest BCUT2D eigenvalue weighted by Gasteiger charge is 2.51. The fraction of sp³-hybridized carbons (Fsp3) is 0.818.